The van der Waals surface area contributed by atoms with Crippen LogP contribution in [0.25, 0.3) is 0 Å². The second-order valence-electron chi connectivity index (χ2n) is 1.49. The van der Waals surface area contributed by atoms with Gasteiger partial charge in [0.2, 0.25) is 0 Å². The highest BCUT2D eigenvalue weighted by Gasteiger charge is 2.12. The molecule has 6 nitrogen and oxygen atoms in total. The van der Waals surface area contributed by atoms with Crippen LogP contribution < -0.4 is 0 Å². The van der Waals surface area contributed by atoms with Gasteiger partial charge in [-0.05, 0) is 10.4 Å². The van der Waals surface area contributed by atoms with Crippen molar-refractivity contribution in [2.24, 2.45) is 7.05 Å². The van der Waals surface area contributed by atoms with E-state index in [0.29, 0.717) is 0 Å². The number of hydrogen-bond acceptors (Lipinski definition) is 5. The smallest absolute Gasteiger partial charge is 0.387 e. The van der Waals surface area contributed by atoms with E-state index in [1.807, 2.05) is 0 Å². The molecule has 0 bridgehead atoms. The van der Waals surface area contributed by atoms with Crippen molar-refractivity contribution in [1.82, 2.24) is 20.2 Å². The average molecular weight is 254 g/mol. The van der Waals surface area contributed by atoms with E-state index in [1.165, 1.54) is 27.7 Å². The summed E-state index contributed by atoms with van der Waals surface area (Å²) in [7, 11) is 1.56. The molecule has 0 saturated heterocycles. The topological polar surface area (TPSA) is 69.9 Å². The minimum absolute atomic E-state index is 0.0920. The normalized spacial score (nSPS) is 9.40. The van der Waals surface area contributed by atoms with Crippen molar-refractivity contribution in [2.45, 2.75) is 0 Å². The maximum Gasteiger partial charge on any atom is 0.387 e. The molecule has 0 fully saturated rings. The lowest BCUT2D eigenvalue weighted by atomic mass is 10.6. The van der Waals surface area contributed by atoms with Crippen molar-refractivity contribution in [3.8, 4) is 0 Å². The Morgan fingerprint density at radius 2 is 2.50 bits per heavy atom. The van der Waals surface area contributed by atoms with Crippen molar-refractivity contribution in [3.05, 3.63) is 5.82 Å². The van der Waals surface area contributed by atoms with Gasteiger partial charge in [0.05, 0.1) is 0 Å². The van der Waals surface area contributed by atoms with Crippen molar-refractivity contribution >= 4 is 29.0 Å². The number of hydrogen-bond donors (Lipinski definition) is 0. The van der Waals surface area contributed by atoms with Crippen LogP contribution in [-0.4, -0.2) is 26.2 Å². The fraction of sp³-hybridized carbons (Fsp3) is 0.333. The van der Waals surface area contributed by atoms with Crippen LogP contribution in [0.1, 0.15) is 10.6 Å². The molecule has 0 atom stereocenters. The van der Waals surface area contributed by atoms with Gasteiger partial charge in [0, 0.05) is 7.05 Å². The van der Waals surface area contributed by atoms with E-state index in [0.717, 1.165) is 0 Å². The van der Waals surface area contributed by atoms with E-state index in [4.69, 9.17) is 0 Å². The zero-order chi connectivity index (χ0) is 7.56. The van der Waals surface area contributed by atoms with Crippen LogP contribution in [0.15, 0.2) is 0 Å². The van der Waals surface area contributed by atoms with Gasteiger partial charge in [0.15, 0.2) is 23.0 Å². The Balaban J connectivity index is 2.93. The lowest BCUT2D eigenvalue weighted by Gasteiger charge is -1.90. The van der Waals surface area contributed by atoms with Crippen molar-refractivity contribution in [3.63, 3.8) is 0 Å². The van der Waals surface area contributed by atoms with Gasteiger partial charge in [0.25, 0.3) is 5.82 Å². The number of tetrazole rings is 1. The Labute approximate surface area is 70.2 Å². The Bertz CT molecular complexity index is 246. The molecule has 1 heterocycles. The molecule has 1 aromatic heterocycles. The van der Waals surface area contributed by atoms with Crippen molar-refractivity contribution in [2.75, 3.05) is 0 Å². The van der Waals surface area contributed by atoms with Gasteiger partial charge in [-0.15, -0.1) is 5.10 Å². The van der Waals surface area contributed by atoms with Gasteiger partial charge in [-0.2, -0.15) is 0 Å². The maximum atomic E-state index is 10.7. The first kappa shape index (κ1) is 7.38. The number of carbonyl (C=O) groups excluding carboxylic acids is 1. The van der Waals surface area contributed by atoms with Crippen LogP contribution in [0.2, 0.25) is 0 Å². The highest BCUT2D eigenvalue weighted by Crippen LogP contribution is 1.96. The number of nitrogens with zero attached hydrogens (tertiary/aromatic N) is 4. The summed E-state index contributed by atoms with van der Waals surface area (Å²) in [6, 6.07) is 0. The quantitative estimate of drug-likeness (QED) is 0.644. The summed E-state index contributed by atoms with van der Waals surface area (Å²) in [5.41, 5.74) is 0. The van der Waals surface area contributed by atoms with Crippen LogP contribution in [0.5, 0.6) is 0 Å². The summed E-state index contributed by atoms with van der Waals surface area (Å²) >= 11 is 1.47. The third kappa shape index (κ3) is 1.23. The number of aromatic nitrogens is 4. The Kier molecular flexibility index (Phi) is 2.14. The molecule has 0 spiro atoms. The number of carbonyl (C=O) groups is 1. The van der Waals surface area contributed by atoms with E-state index < -0.39 is 5.97 Å². The zero-order valence-electron chi connectivity index (χ0n) is 4.98. The third-order valence-corrected chi connectivity index (χ3v) is 1.27. The molecule has 0 aliphatic rings. The molecule has 10 heavy (non-hydrogen) atoms. The Hall–Kier alpha value is -0.730. The molecule has 1 rings (SSSR count). The summed E-state index contributed by atoms with van der Waals surface area (Å²) in [4.78, 5) is 10.7. The highest BCUT2D eigenvalue weighted by atomic mass is 127. The summed E-state index contributed by atoms with van der Waals surface area (Å²) in [5.74, 6) is -0.456. The molecule has 1 aromatic rings. The standard InChI is InChI=1S/C3H3IN4O2/c1-8-2(3(9)10-4)5-6-7-8/h1H3. The first-order valence-electron chi connectivity index (χ1n) is 2.31. The minimum atomic E-state index is -0.548. The molecule has 0 unspecified atom stereocenters. The monoisotopic (exact) mass is 254 g/mol. The second-order valence-corrected chi connectivity index (χ2v) is 1.93. The van der Waals surface area contributed by atoms with Crippen LogP contribution in [-0.2, 0) is 10.1 Å². The Morgan fingerprint density at radius 1 is 1.80 bits per heavy atom. The van der Waals surface area contributed by atoms with Gasteiger partial charge in [-0.25, -0.2) is 9.48 Å². The summed E-state index contributed by atoms with van der Waals surface area (Å²) in [6.07, 6.45) is 0. The van der Waals surface area contributed by atoms with Crippen LogP contribution in [0.3, 0.4) is 0 Å². The lowest BCUT2D eigenvalue weighted by molar-refractivity contribution is 0.0783. The average Bonchev–Trinajstić information content (AvgIpc) is 2.34. The van der Waals surface area contributed by atoms with Crippen LogP contribution in [0, 0.1) is 0 Å². The van der Waals surface area contributed by atoms with E-state index in [9.17, 15) is 4.79 Å². The zero-order valence-corrected chi connectivity index (χ0v) is 7.14. The van der Waals surface area contributed by atoms with Gasteiger partial charge in [-0.3, -0.25) is 0 Å². The SMILES string of the molecule is Cn1nnnc1C(=O)OI. The molecule has 7 heteroatoms. The number of halogens is 1. The van der Waals surface area contributed by atoms with Crippen molar-refractivity contribution < 1.29 is 7.86 Å². The maximum absolute atomic E-state index is 10.7. The largest absolute Gasteiger partial charge is 0.389 e. The van der Waals surface area contributed by atoms with Gasteiger partial charge < -0.3 is 3.07 Å². The molecule has 0 aromatic carbocycles. The predicted octanol–water partition coefficient (Wildman–Crippen LogP) is -0.283. The molecule has 0 aliphatic heterocycles. The summed E-state index contributed by atoms with van der Waals surface area (Å²) < 4.78 is 5.58. The molecule has 0 N–H and O–H groups in total. The van der Waals surface area contributed by atoms with Crippen LogP contribution >= 0.6 is 23.0 Å². The first-order valence-corrected chi connectivity index (χ1v) is 3.19. The molecular formula is C3H3IN4O2. The van der Waals surface area contributed by atoms with Crippen molar-refractivity contribution in [1.29, 1.82) is 0 Å². The lowest BCUT2D eigenvalue weighted by Crippen LogP contribution is -2.07. The van der Waals surface area contributed by atoms with Gasteiger partial charge in [0.1, 0.15) is 0 Å². The molecule has 54 valence electrons. The van der Waals surface area contributed by atoms with E-state index in [2.05, 4.69) is 18.6 Å². The molecule has 0 amide bonds. The predicted molar refractivity (Wildman–Crippen MR) is 38.2 cm³/mol. The van der Waals surface area contributed by atoms with Gasteiger partial charge in [-0.1, -0.05) is 0 Å². The van der Waals surface area contributed by atoms with Crippen LogP contribution in [0.4, 0.5) is 0 Å². The van der Waals surface area contributed by atoms with E-state index in [-0.39, 0.29) is 5.82 Å². The van der Waals surface area contributed by atoms with E-state index in [1.54, 1.807) is 7.05 Å². The fourth-order valence-electron chi connectivity index (χ4n) is 0.437. The highest BCUT2D eigenvalue weighted by molar-refractivity contribution is 14.1. The third-order valence-electron chi connectivity index (χ3n) is 0.873. The Morgan fingerprint density at radius 3 is 2.90 bits per heavy atom. The van der Waals surface area contributed by atoms with Gasteiger partial charge >= 0.3 is 5.97 Å². The fourth-order valence-corrected chi connectivity index (χ4v) is 0.634. The summed E-state index contributed by atoms with van der Waals surface area (Å²) in [6.45, 7) is 0. The minimum Gasteiger partial charge on any atom is -0.389 e. The molecular weight excluding hydrogens is 251 g/mol. The molecule has 0 saturated carbocycles. The second kappa shape index (κ2) is 2.90. The summed E-state index contributed by atoms with van der Waals surface area (Å²) in [5, 5.41) is 10.1. The number of aryl methyl sites for hydroxylation is 1. The first-order chi connectivity index (χ1) is 4.75. The van der Waals surface area contributed by atoms with E-state index >= 15 is 0 Å². The number of rotatable bonds is 1. The molecule has 0 aliphatic carbocycles. The molecule has 0 radical (unpaired) electrons.